The van der Waals surface area contributed by atoms with Crippen molar-refractivity contribution in [1.29, 1.82) is 0 Å². The fraction of sp³-hybridized carbons (Fsp3) is 0.273. The van der Waals surface area contributed by atoms with E-state index in [9.17, 15) is 28.0 Å². The predicted molar refractivity (Wildman–Crippen MR) is 125 cm³/mol. The van der Waals surface area contributed by atoms with Crippen LogP contribution in [-0.2, 0) is 26.9 Å². The van der Waals surface area contributed by atoms with Gasteiger partial charge in [0.15, 0.2) is 0 Å². The summed E-state index contributed by atoms with van der Waals surface area (Å²) in [6.45, 7) is 0.127. The highest BCUT2D eigenvalue weighted by atomic mass is 35.5. The molecule has 1 saturated heterocycles. The first-order chi connectivity index (χ1) is 15.9. The number of hydrogen-bond donors (Lipinski definition) is 2. The minimum Gasteiger partial charge on any atom is -0.352 e. The quantitative estimate of drug-likeness (QED) is 0.479. The van der Waals surface area contributed by atoms with Crippen molar-refractivity contribution in [1.82, 2.24) is 15.5 Å². The summed E-state index contributed by atoms with van der Waals surface area (Å²) in [7, 11) is 3.18. The molecule has 12 heteroatoms. The Kier molecular flexibility index (Phi) is 6.01. The Hall–Kier alpha value is -3.20. The molecule has 2 N–H and O–H groups in total. The Labute approximate surface area is 201 Å². The molecular formula is C22H20B2ClF2N3O4. The molecule has 0 spiro atoms. The summed E-state index contributed by atoms with van der Waals surface area (Å²) in [6.07, 6.45) is 0.328. The highest BCUT2D eigenvalue weighted by Gasteiger charge is 2.48. The number of imide groups is 1. The van der Waals surface area contributed by atoms with Gasteiger partial charge in [-0.1, -0.05) is 35.9 Å². The van der Waals surface area contributed by atoms with Gasteiger partial charge in [-0.25, -0.2) is 0 Å². The number of carbonyl (C=O) groups is 4. The lowest BCUT2D eigenvalue weighted by atomic mass is 9.70. The molecule has 34 heavy (non-hydrogen) atoms. The number of nitrogens with one attached hydrogen (secondary N) is 2. The fourth-order valence-corrected chi connectivity index (χ4v) is 4.35. The van der Waals surface area contributed by atoms with Crippen LogP contribution in [0.2, 0.25) is 5.02 Å². The highest BCUT2D eigenvalue weighted by molar-refractivity contribution is 6.32. The molecule has 1 fully saturated rings. The number of halogens is 3. The van der Waals surface area contributed by atoms with Crippen molar-refractivity contribution in [3.63, 3.8) is 0 Å². The molecule has 0 aromatic heterocycles. The van der Waals surface area contributed by atoms with Crippen molar-refractivity contribution in [2.75, 3.05) is 0 Å². The maximum absolute atomic E-state index is 14.6. The maximum Gasteiger partial charge on any atom is 0.349 e. The average molecular weight is 485 g/mol. The normalized spacial score (nSPS) is 21.1. The van der Waals surface area contributed by atoms with Gasteiger partial charge in [0, 0.05) is 35.1 Å². The molecule has 0 radical (unpaired) electrons. The van der Waals surface area contributed by atoms with E-state index in [-0.39, 0.29) is 36.2 Å². The molecule has 2 aliphatic rings. The molecule has 2 aliphatic heterocycles. The zero-order valence-corrected chi connectivity index (χ0v) is 19.2. The van der Waals surface area contributed by atoms with E-state index >= 15 is 0 Å². The number of amides is 4. The topological polar surface area (TPSA) is 95.6 Å². The van der Waals surface area contributed by atoms with Gasteiger partial charge in [0.2, 0.25) is 11.8 Å². The molecule has 7 nitrogen and oxygen atoms in total. The number of carbonyl (C=O) groups excluding carboxylic acids is 4. The molecule has 174 valence electrons. The third-order valence-electron chi connectivity index (χ3n) is 6.45. The van der Waals surface area contributed by atoms with Crippen molar-refractivity contribution < 1.29 is 28.0 Å². The van der Waals surface area contributed by atoms with Gasteiger partial charge in [0.1, 0.15) is 15.7 Å². The molecule has 0 saturated carbocycles. The van der Waals surface area contributed by atoms with Gasteiger partial charge in [0.25, 0.3) is 11.8 Å². The summed E-state index contributed by atoms with van der Waals surface area (Å²) >= 11 is 5.74. The molecule has 2 atom stereocenters. The summed E-state index contributed by atoms with van der Waals surface area (Å²) in [5.74, 6) is -7.26. The second kappa shape index (κ2) is 8.54. The van der Waals surface area contributed by atoms with E-state index in [2.05, 4.69) is 10.6 Å². The Morgan fingerprint density at radius 3 is 2.50 bits per heavy atom. The number of hydrogen-bond acceptors (Lipinski definition) is 4. The lowest BCUT2D eigenvalue weighted by Gasteiger charge is -2.39. The van der Waals surface area contributed by atoms with E-state index in [1.165, 1.54) is 17.0 Å². The third kappa shape index (κ3) is 4.09. The Morgan fingerprint density at radius 2 is 1.85 bits per heavy atom. The van der Waals surface area contributed by atoms with Gasteiger partial charge in [-0.15, -0.1) is 0 Å². The minimum absolute atomic E-state index is 0.124. The summed E-state index contributed by atoms with van der Waals surface area (Å²) in [6, 6.07) is 9.56. The van der Waals surface area contributed by atoms with Crippen LogP contribution < -0.4 is 10.6 Å². The van der Waals surface area contributed by atoms with E-state index < -0.39 is 34.7 Å². The number of rotatable bonds is 5. The maximum atomic E-state index is 14.6. The van der Waals surface area contributed by atoms with Gasteiger partial charge < -0.3 is 10.2 Å². The molecule has 4 rings (SSSR count). The Balaban J connectivity index is 1.51. The number of piperidine rings is 1. The number of alkyl halides is 2. The van der Waals surface area contributed by atoms with E-state index in [0.717, 1.165) is 12.1 Å². The first-order valence-corrected chi connectivity index (χ1v) is 11.0. The second-order valence-corrected chi connectivity index (χ2v) is 9.17. The van der Waals surface area contributed by atoms with Crippen LogP contribution in [0.15, 0.2) is 42.5 Å². The van der Waals surface area contributed by atoms with Gasteiger partial charge in [-0.05, 0) is 35.7 Å². The van der Waals surface area contributed by atoms with Crippen molar-refractivity contribution in [2.45, 2.75) is 36.7 Å². The summed E-state index contributed by atoms with van der Waals surface area (Å²) in [5.41, 5.74) is -0.125. The zero-order chi connectivity index (χ0) is 24.8. The molecule has 0 aliphatic carbocycles. The highest BCUT2D eigenvalue weighted by Crippen LogP contribution is 2.34. The third-order valence-corrected chi connectivity index (χ3v) is 6.70. The van der Waals surface area contributed by atoms with E-state index in [0.29, 0.717) is 16.7 Å². The second-order valence-electron chi connectivity index (χ2n) is 8.74. The SMILES string of the molecule is BC(NC(=O)C(F)(F)c1ccc(Cl)cc1)c1ccc2c(c1)CN(C1(B)CCC(=O)NC1=O)C2=O. The van der Waals surface area contributed by atoms with Crippen molar-refractivity contribution in [2.24, 2.45) is 0 Å². The van der Waals surface area contributed by atoms with Crippen LogP contribution in [0.25, 0.3) is 0 Å². The van der Waals surface area contributed by atoms with Gasteiger partial charge in [-0.3, -0.25) is 24.5 Å². The van der Waals surface area contributed by atoms with Gasteiger partial charge in [-0.2, -0.15) is 8.78 Å². The molecular weight excluding hydrogens is 465 g/mol. The van der Waals surface area contributed by atoms with Crippen LogP contribution in [0.1, 0.15) is 45.8 Å². The predicted octanol–water partition coefficient (Wildman–Crippen LogP) is 0.602. The molecule has 2 heterocycles. The van der Waals surface area contributed by atoms with Crippen molar-refractivity contribution >= 4 is 50.9 Å². The standard InChI is InChI=1S/C22H20B2ClF2N3O4/c23-17(29-20(34)22(26,27)13-2-4-14(25)5-3-13)11-1-6-15-12(9-11)10-30(18(15)32)21(24)8-7-16(31)28-19(21)33/h1-6,9,17H,7-8,10,23-24H2,(H,29,34)(H,28,31,33). The van der Waals surface area contributed by atoms with E-state index in [4.69, 9.17) is 11.6 Å². The summed E-state index contributed by atoms with van der Waals surface area (Å²) < 4.78 is 29.2. The van der Waals surface area contributed by atoms with Gasteiger partial charge in [0.05, 0.1) is 5.44 Å². The zero-order valence-electron chi connectivity index (χ0n) is 18.5. The van der Waals surface area contributed by atoms with Gasteiger partial charge >= 0.3 is 5.92 Å². The lowest BCUT2D eigenvalue weighted by molar-refractivity contribution is -0.147. The average Bonchev–Trinajstić information content (AvgIpc) is 3.13. The van der Waals surface area contributed by atoms with Crippen LogP contribution in [0.3, 0.4) is 0 Å². The summed E-state index contributed by atoms with van der Waals surface area (Å²) in [4.78, 5) is 50.8. The molecule has 0 bridgehead atoms. The number of nitrogens with zero attached hydrogens (tertiary/aromatic N) is 1. The molecule has 2 aromatic rings. The van der Waals surface area contributed by atoms with E-state index in [1.807, 2.05) is 0 Å². The van der Waals surface area contributed by atoms with Crippen LogP contribution in [0.4, 0.5) is 8.78 Å². The molecule has 4 amide bonds. The van der Waals surface area contributed by atoms with Crippen LogP contribution in [0.5, 0.6) is 0 Å². The number of benzene rings is 2. The minimum atomic E-state index is -3.76. The number of fused-ring (bicyclic) bond motifs is 1. The first-order valence-electron chi connectivity index (χ1n) is 10.7. The molecule has 2 aromatic carbocycles. The van der Waals surface area contributed by atoms with Crippen molar-refractivity contribution in [3.05, 3.63) is 69.7 Å². The first kappa shape index (κ1) is 23.9. The molecule has 2 unspecified atom stereocenters. The Morgan fingerprint density at radius 1 is 1.18 bits per heavy atom. The Bertz CT molecular complexity index is 1210. The van der Waals surface area contributed by atoms with Crippen LogP contribution in [0, 0.1) is 0 Å². The van der Waals surface area contributed by atoms with Crippen LogP contribution in [-0.4, -0.2) is 49.7 Å². The largest absolute Gasteiger partial charge is 0.352 e. The smallest absolute Gasteiger partial charge is 0.349 e. The van der Waals surface area contributed by atoms with E-state index in [1.54, 1.807) is 33.9 Å². The van der Waals surface area contributed by atoms with Crippen molar-refractivity contribution in [3.8, 4) is 0 Å². The van der Waals surface area contributed by atoms with Crippen LogP contribution >= 0.6 is 11.6 Å². The lowest BCUT2D eigenvalue weighted by Crippen LogP contribution is -2.63. The summed E-state index contributed by atoms with van der Waals surface area (Å²) in [5, 5.41) is 4.88. The monoisotopic (exact) mass is 485 g/mol. The fourth-order valence-electron chi connectivity index (χ4n) is 4.22.